The van der Waals surface area contributed by atoms with Crippen molar-refractivity contribution in [1.82, 2.24) is 9.97 Å². The van der Waals surface area contributed by atoms with E-state index in [-0.39, 0.29) is 11.9 Å². The smallest absolute Gasteiger partial charge is 0.247 e. The van der Waals surface area contributed by atoms with E-state index >= 15 is 0 Å². The van der Waals surface area contributed by atoms with Gasteiger partial charge in [0.25, 0.3) is 0 Å². The number of halogens is 1. The van der Waals surface area contributed by atoms with Crippen LogP contribution in [0.1, 0.15) is 5.56 Å². The number of rotatable bonds is 8. The van der Waals surface area contributed by atoms with E-state index in [1.54, 1.807) is 32.6 Å². The molecule has 8 nitrogen and oxygen atoms in total. The molecule has 33 heavy (non-hydrogen) atoms. The maximum atomic E-state index is 12.7. The Bertz CT molecular complexity index is 1260. The summed E-state index contributed by atoms with van der Waals surface area (Å²) in [6, 6.07) is 10.8. The third-order valence-corrected chi connectivity index (χ3v) is 6.54. The van der Waals surface area contributed by atoms with Crippen LogP contribution in [-0.2, 0) is 9.36 Å². The molecule has 0 aliphatic rings. The number of nitrogens with zero attached hydrogens (tertiary/aromatic N) is 2. The number of amides is 1. The van der Waals surface area contributed by atoms with Crippen molar-refractivity contribution in [2.45, 2.75) is 6.92 Å². The Morgan fingerprint density at radius 3 is 2.55 bits per heavy atom. The second-order valence-corrected chi connectivity index (χ2v) is 11.2. The van der Waals surface area contributed by atoms with Gasteiger partial charge in [-0.05, 0) is 56.2 Å². The van der Waals surface area contributed by atoms with Gasteiger partial charge in [0.15, 0.2) is 5.82 Å². The molecule has 1 amide bonds. The van der Waals surface area contributed by atoms with Crippen LogP contribution >= 0.6 is 18.7 Å². The molecule has 10 heteroatoms. The van der Waals surface area contributed by atoms with Crippen molar-refractivity contribution in [2.24, 2.45) is 0 Å². The number of hydrogen-bond donors (Lipinski definition) is 3. The topological polar surface area (TPSA) is 105 Å². The number of hydrogen-bond acceptors (Lipinski definition) is 7. The number of anilines is 5. The van der Waals surface area contributed by atoms with Crippen LogP contribution < -0.4 is 26.0 Å². The lowest BCUT2D eigenvalue weighted by molar-refractivity contribution is -0.111. The van der Waals surface area contributed by atoms with E-state index in [0.717, 1.165) is 5.56 Å². The Balaban J connectivity index is 1.95. The van der Waals surface area contributed by atoms with Crippen molar-refractivity contribution >= 4 is 58.8 Å². The highest BCUT2D eigenvalue weighted by Crippen LogP contribution is 2.39. The van der Waals surface area contributed by atoms with Gasteiger partial charge >= 0.3 is 0 Å². The van der Waals surface area contributed by atoms with Crippen molar-refractivity contribution in [3.63, 3.8) is 0 Å². The molecule has 1 aromatic heterocycles. The standard InChI is InChI=1S/C23H25ClN5O3P/c1-6-21(30)26-17-12-18(19(32-3)11-14(17)2)28-23-25-13-15(24)22(29-23)27-16-9-7-8-10-20(16)33(4,5)31/h6-13H,1H2,2-5H3,(H,26,30)(H2,25,27,28,29). The summed E-state index contributed by atoms with van der Waals surface area (Å²) in [7, 11) is -0.989. The van der Waals surface area contributed by atoms with Crippen molar-refractivity contribution in [3.8, 4) is 5.75 Å². The molecule has 3 aromatic rings. The first-order valence-corrected chi connectivity index (χ1v) is 12.9. The van der Waals surface area contributed by atoms with E-state index in [1.807, 2.05) is 31.2 Å². The highest BCUT2D eigenvalue weighted by molar-refractivity contribution is 7.70. The number of benzene rings is 2. The van der Waals surface area contributed by atoms with Crippen molar-refractivity contribution in [2.75, 3.05) is 36.4 Å². The average Bonchev–Trinajstić information content (AvgIpc) is 2.77. The van der Waals surface area contributed by atoms with Crippen LogP contribution in [0.15, 0.2) is 55.3 Å². The minimum Gasteiger partial charge on any atom is -0.495 e. The zero-order valence-electron chi connectivity index (χ0n) is 18.8. The number of para-hydroxylation sites is 1. The van der Waals surface area contributed by atoms with Gasteiger partial charge in [0.1, 0.15) is 17.9 Å². The maximum absolute atomic E-state index is 12.7. The Hall–Kier alpha value is -3.35. The summed E-state index contributed by atoms with van der Waals surface area (Å²) in [4.78, 5) is 20.5. The molecule has 0 bridgehead atoms. The number of nitrogens with one attached hydrogen (secondary N) is 3. The molecule has 0 fully saturated rings. The summed E-state index contributed by atoms with van der Waals surface area (Å²) in [6.07, 6.45) is 2.65. The van der Waals surface area contributed by atoms with Crippen LogP contribution in [0.4, 0.5) is 28.8 Å². The van der Waals surface area contributed by atoms with Crippen LogP contribution in [0, 0.1) is 6.92 Å². The summed E-state index contributed by atoms with van der Waals surface area (Å²) >= 11 is 6.33. The lowest BCUT2D eigenvalue weighted by atomic mass is 10.1. The van der Waals surface area contributed by atoms with Gasteiger partial charge in [-0.15, -0.1) is 0 Å². The van der Waals surface area contributed by atoms with Gasteiger partial charge in [-0.2, -0.15) is 4.98 Å². The number of carbonyl (C=O) groups excluding carboxylic acids is 1. The van der Waals surface area contributed by atoms with Gasteiger partial charge in [0.05, 0.1) is 24.7 Å². The summed E-state index contributed by atoms with van der Waals surface area (Å²) in [6.45, 7) is 8.73. The van der Waals surface area contributed by atoms with Crippen molar-refractivity contribution in [3.05, 3.63) is 65.8 Å². The molecule has 0 radical (unpaired) electrons. The first-order valence-electron chi connectivity index (χ1n) is 9.95. The predicted molar refractivity (Wildman–Crippen MR) is 136 cm³/mol. The molecule has 0 unspecified atom stereocenters. The number of carbonyl (C=O) groups is 1. The maximum Gasteiger partial charge on any atom is 0.247 e. The van der Waals surface area contributed by atoms with E-state index in [4.69, 9.17) is 16.3 Å². The average molecular weight is 486 g/mol. The van der Waals surface area contributed by atoms with Gasteiger partial charge in [-0.1, -0.05) is 30.3 Å². The van der Waals surface area contributed by atoms with Gasteiger partial charge in [-0.25, -0.2) is 4.98 Å². The Morgan fingerprint density at radius 1 is 1.15 bits per heavy atom. The number of ether oxygens (including phenoxy) is 1. The predicted octanol–water partition coefficient (Wildman–Crippen LogP) is 5.31. The molecule has 172 valence electrons. The molecule has 0 aliphatic carbocycles. The highest BCUT2D eigenvalue weighted by Gasteiger charge is 2.17. The number of methoxy groups -OCH3 is 1. The van der Waals surface area contributed by atoms with Crippen LogP contribution in [-0.4, -0.2) is 36.3 Å². The molecule has 3 rings (SSSR count). The SMILES string of the molecule is C=CC(=O)Nc1cc(Nc2ncc(Cl)c(Nc3ccccc3P(C)(C)=O)n2)c(OC)cc1C. The monoisotopic (exact) mass is 485 g/mol. The largest absolute Gasteiger partial charge is 0.495 e. The van der Waals surface area contributed by atoms with Crippen molar-refractivity contribution in [1.29, 1.82) is 0 Å². The highest BCUT2D eigenvalue weighted by atomic mass is 35.5. The molecular weight excluding hydrogens is 461 g/mol. The van der Waals surface area contributed by atoms with E-state index in [9.17, 15) is 9.36 Å². The number of aryl methyl sites for hydroxylation is 1. The normalized spacial score (nSPS) is 10.9. The van der Waals surface area contributed by atoms with Crippen LogP contribution in [0.3, 0.4) is 0 Å². The molecule has 3 N–H and O–H groups in total. The van der Waals surface area contributed by atoms with Gasteiger partial charge in [0, 0.05) is 11.0 Å². The Labute approximate surface area is 197 Å². The second kappa shape index (κ2) is 10.1. The molecule has 1 heterocycles. The summed E-state index contributed by atoms with van der Waals surface area (Å²) in [5.41, 5.74) is 2.60. The zero-order chi connectivity index (χ0) is 24.2. The molecular formula is C23H25ClN5O3P. The quantitative estimate of drug-likeness (QED) is 0.293. The third-order valence-electron chi connectivity index (χ3n) is 4.72. The fourth-order valence-corrected chi connectivity index (χ4v) is 4.37. The number of aromatic nitrogens is 2. The second-order valence-electron chi connectivity index (χ2n) is 7.57. The fraction of sp³-hybridized carbons (Fsp3) is 0.174. The van der Waals surface area contributed by atoms with Crippen LogP contribution in [0.25, 0.3) is 0 Å². The van der Waals surface area contributed by atoms with E-state index in [1.165, 1.54) is 12.3 Å². The molecule has 0 atom stereocenters. The summed E-state index contributed by atoms with van der Waals surface area (Å²) < 4.78 is 18.1. The molecule has 2 aromatic carbocycles. The van der Waals surface area contributed by atoms with E-state index in [2.05, 4.69) is 32.5 Å². The van der Waals surface area contributed by atoms with Gasteiger partial charge < -0.3 is 25.3 Å². The van der Waals surface area contributed by atoms with E-state index < -0.39 is 7.14 Å². The third kappa shape index (κ3) is 5.92. The zero-order valence-corrected chi connectivity index (χ0v) is 20.4. The lowest BCUT2D eigenvalue weighted by Gasteiger charge is -2.17. The molecule has 0 saturated heterocycles. The Kier molecular flexibility index (Phi) is 7.41. The Morgan fingerprint density at radius 2 is 1.88 bits per heavy atom. The van der Waals surface area contributed by atoms with E-state index in [0.29, 0.717) is 39.0 Å². The summed E-state index contributed by atoms with van der Waals surface area (Å²) in [5, 5.41) is 10.0. The first-order chi connectivity index (χ1) is 15.6. The van der Waals surface area contributed by atoms with Crippen LogP contribution in [0.2, 0.25) is 5.02 Å². The summed E-state index contributed by atoms with van der Waals surface area (Å²) in [5.74, 6) is 0.812. The van der Waals surface area contributed by atoms with Crippen LogP contribution in [0.5, 0.6) is 5.75 Å². The fourth-order valence-electron chi connectivity index (χ4n) is 3.08. The van der Waals surface area contributed by atoms with Gasteiger partial charge in [-0.3, -0.25) is 4.79 Å². The lowest BCUT2D eigenvalue weighted by Crippen LogP contribution is -2.11. The minimum absolute atomic E-state index is 0.249. The molecule has 0 aliphatic heterocycles. The minimum atomic E-state index is -2.53. The first kappa shape index (κ1) is 24.3. The molecule has 0 spiro atoms. The van der Waals surface area contributed by atoms with Gasteiger partial charge in [0.2, 0.25) is 11.9 Å². The van der Waals surface area contributed by atoms with Crippen molar-refractivity contribution < 1.29 is 14.1 Å². The molecule has 0 saturated carbocycles.